The lowest BCUT2D eigenvalue weighted by Gasteiger charge is -2.18. The molecule has 0 bridgehead atoms. The van der Waals surface area contributed by atoms with Crippen LogP contribution in [0.15, 0.2) is 59.5 Å². The third-order valence-electron chi connectivity index (χ3n) is 3.05. The molecule has 0 spiro atoms. The summed E-state index contributed by atoms with van der Waals surface area (Å²) in [6, 6.07) is 17.6. The quantitative estimate of drug-likeness (QED) is 0.854. The fraction of sp³-hybridized carbons (Fsp3) is 0.188. The molecule has 4 heteroatoms. The standard InChI is InChI=1S/C16H18N2OS/c1-18(13-8-4-3-5-9-13)16(19)12-17-14-10-6-7-11-15(14)20-2/h3-11,17H,12H2,1-2H3. The number of rotatable bonds is 5. The highest BCUT2D eigenvalue weighted by Gasteiger charge is 2.10. The van der Waals surface area contributed by atoms with Crippen molar-refractivity contribution in [3.63, 3.8) is 0 Å². The van der Waals surface area contributed by atoms with E-state index in [2.05, 4.69) is 5.32 Å². The van der Waals surface area contributed by atoms with E-state index in [1.165, 1.54) is 0 Å². The molecule has 0 aliphatic heterocycles. The molecule has 2 rings (SSSR count). The molecule has 0 heterocycles. The van der Waals surface area contributed by atoms with Gasteiger partial charge < -0.3 is 10.2 Å². The van der Waals surface area contributed by atoms with Crippen molar-refractivity contribution in [1.82, 2.24) is 0 Å². The number of nitrogens with zero attached hydrogens (tertiary/aromatic N) is 1. The third-order valence-corrected chi connectivity index (χ3v) is 3.85. The van der Waals surface area contributed by atoms with Crippen LogP contribution in [0, 0.1) is 0 Å². The van der Waals surface area contributed by atoms with Crippen LogP contribution < -0.4 is 10.2 Å². The zero-order valence-corrected chi connectivity index (χ0v) is 12.5. The molecule has 0 aromatic heterocycles. The van der Waals surface area contributed by atoms with Gasteiger partial charge >= 0.3 is 0 Å². The van der Waals surface area contributed by atoms with Crippen LogP contribution in [0.1, 0.15) is 0 Å². The Bertz CT molecular complexity index is 572. The summed E-state index contributed by atoms with van der Waals surface area (Å²) in [7, 11) is 1.79. The van der Waals surface area contributed by atoms with Gasteiger partial charge in [-0.05, 0) is 30.5 Å². The van der Waals surface area contributed by atoms with Crippen LogP contribution >= 0.6 is 11.8 Å². The number of nitrogens with one attached hydrogen (secondary N) is 1. The molecule has 2 aromatic carbocycles. The first-order valence-electron chi connectivity index (χ1n) is 6.41. The molecule has 0 aliphatic carbocycles. The fourth-order valence-corrected chi connectivity index (χ4v) is 2.45. The van der Waals surface area contributed by atoms with Crippen LogP contribution in [0.4, 0.5) is 11.4 Å². The molecule has 0 atom stereocenters. The second kappa shape index (κ2) is 7.01. The Kier molecular flexibility index (Phi) is 5.07. The van der Waals surface area contributed by atoms with Crippen molar-refractivity contribution >= 4 is 29.0 Å². The van der Waals surface area contributed by atoms with E-state index < -0.39 is 0 Å². The summed E-state index contributed by atoms with van der Waals surface area (Å²) >= 11 is 1.66. The zero-order valence-electron chi connectivity index (χ0n) is 11.7. The van der Waals surface area contributed by atoms with Crippen LogP contribution in [0.3, 0.4) is 0 Å². The van der Waals surface area contributed by atoms with Crippen molar-refractivity contribution in [2.75, 3.05) is 30.1 Å². The monoisotopic (exact) mass is 286 g/mol. The van der Waals surface area contributed by atoms with Gasteiger partial charge in [-0.25, -0.2) is 0 Å². The zero-order chi connectivity index (χ0) is 14.4. The minimum absolute atomic E-state index is 0.0344. The van der Waals surface area contributed by atoms with Crippen LogP contribution in [-0.2, 0) is 4.79 Å². The van der Waals surface area contributed by atoms with Gasteiger partial charge in [-0.1, -0.05) is 30.3 Å². The van der Waals surface area contributed by atoms with Gasteiger partial charge in [0, 0.05) is 23.3 Å². The second-order valence-electron chi connectivity index (χ2n) is 4.34. The predicted octanol–water partition coefficient (Wildman–Crippen LogP) is 3.48. The van der Waals surface area contributed by atoms with E-state index in [1.807, 2.05) is 60.9 Å². The smallest absolute Gasteiger partial charge is 0.246 e. The highest BCUT2D eigenvalue weighted by Crippen LogP contribution is 2.24. The molecule has 104 valence electrons. The van der Waals surface area contributed by atoms with Crippen molar-refractivity contribution in [2.45, 2.75) is 4.90 Å². The van der Waals surface area contributed by atoms with Gasteiger partial charge in [-0.3, -0.25) is 4.79 Å². The average Bonchev–Trinajstić information content (AvgIpc) is 2.53. The maximum atomic E-state index is 12.2. The Labute approximate surface area is 124 Å². The molecule has 2 aromatic rings. The van der Waals surface area contributed by atoms with Crippen LogP contribution in [0.2, 0.25) is 0 Å². The number of anilines is 2. The highest BCUT2D eigenvalue weighted by molar-refractivity contribution is 7.98. The van der Waals surface area contributed by atoms with Crippen LogP contribution in [0.5, 0.6) is 0 Å². The Hall–Kier alpha value is -1.94. The molecule has 0 fully saturated rings. The Morgan fingerprint density at radius 3 is 2.45 bits per heavy atom. The Morgan fingerprint density at radius 1 is 1.10 bits per heavy atom. The van der Waals surface area contributed by atoms with Gasteiger partial charge in [0.25, 0.3) is 0 Å². The molecular weight excluding hydrogens is 268 g/mol. The third kappa shape index (κ3) is 3.54. The van der Waals surface area contributed by atoms with E-state index in [0.29, 0.717) is 0 Å². The van der Waals surface area contributed by atoms with Gasteiger partial charge in [0.15, 0.2) is 0 Å². The number of carbonyl (C=O) groups is 1. The lowest BCUT2D eigenvalue weighted by molar-refractivity contribution is -0.116. The first-order valence-corrected chi connectivity index (χ1v) is 7.63. The summed E-state index contributed by atoms with van der Waals surface area (Å²) in [5, 5.41) is 3.20. The summed E-state index contributed by atoms with van der Waals surface area (Å²) in [5.41, 5.74) is 1.90. The first kappa shape index (κ1) is 14.5. The SMILES string of the molecule is CSc1ccccc1NCC(=O)N(C)c1ccccc1. The van der Waals surface area contributed by atoms with E-state index in [-0.39, 0.29) is 12.5 Å². The molecule has 20 heavy (non-hydrogen) atoms. The molecule has 3 nitrogen and oxygen atoms in total. The lowest BCUT2D eigenvalue weighted by atomic mass is 10.3. The van der Waals surface area contributed by atoms with Gasteiger partial charge in [0.2, 0.25) is 5.91 Å². The summed E-state index contributed by atoms with van der Waals surface area (Å²) in [5.74, 6) is 0.0344. The summed E-state index contributed by atoms with van der Waals surface area (Å²) in [6.45, 7) is 0.281. The molecule has 0 saturated carbocycles. The minimum Gasteiger partial charge on any atom is -0.375 e. The fourth-order valence-electron chi connectivity index (χ4n) is 1.88. The van der Waals surface area contributed by atoms with Crippen LogP contribution in [-0.4, -0.2) is 25.8 Å². The minimum atomic E-state index is 0.0344. The lowest BCUT2D eigenvalue weighted by Crippen LogP contribution is -2.32. The van der Waals surface area contributed by atoms with Crippen molar-refractivity contribution in [3.8, 4) is 0 Å². The van der Waals surface area contributed by atoms with E-state index in [9.17, 15) is 4.79 Å². The van der Waals surface area contributed by atoms with E-state index >= 15 is 0 Å². The number of amides is 1. The van der Waals surface area contributed by atoms with Crippen molar-refractivity contribution in [1.29, 1.82) is 0 Å². The molecule has 0 saturated heterocycles. The summed E-state index contributed by atoms with van der Waals surface area (Å²) in [4.78, 5) is 15.0. The van der Waals surface area contributed by atoms with Gasteiger partial charge in [0.05, 0.1) is 6.54 Å². The van der Waals surface area contributed by atoms with Gasteiger partial charge in [-0.15, -0.1) is 11.8 Å². The molecule has 0 aliphatic rings. The maximum absolute atomic E-state index is 12.2. The summed E-state index contributed by atoms with van der Waals surface area (Å²) in [6.07, 6.45) is 2.03. The normalized spacial score (nSPS) is 10.1. The number of carbonyl (C=O) groups excluding carboxylic acids is 1. The molecule has 0 unspecified atom stereocenters. The van der Waals surface area contributed by atoms with Crippen molar-refractivity contribution < 1.29 is 4.79 Å². The number of likely N-dealkylation sites (N-methyl/N-ethyl adjacent to an activating group) is 1. The van der Waals surface area contributed by atoms with E-state index in [0.717, 1.165) is 16.3 Å². The molecule has 1 amide bonds. The Morgan fingerprint density at radius 2 is 1.75 bits per heavy atom. The number of hydrogen-bond acceptors (Lipinski definition) is 3. The predicted molar refractivity (Wildman–Crippen MR) is 86.6 cm³/mol. The number of benzene rings is 2. The van der Waals surface area contributed by atoms with Gasteiger partial charge in [0.1, 0.15) is 0 Å². The largest absolute Gasteiger partial charge is 0.375 e. The van der Waals surface area contributed by atoms with Crippen LogP contribution in [0.25, 0.3) is 0 Å². The van der Waals surface area contributed by atoms with E-state index in [4.69, 9.17) is 0 Å². The van der Waals surface area contributed by atoms with Crippen molar-refractivity contribution in [2.24, 2.45) is 0 Å². The average molecular weight is 286 g/mol. The topological polar surface area (TPSA) is 32.3 Å². The maximum Gasteiger partial charge on any atom is 0.246 e. The first-order chi connectivity index (χ1) is 9.72. The van der Waals surface area contributed by atoms with Crippen molar-refractivity contribution in [3.05, 3.63) is 54.6 Å². The molecule has 1 N–H and O–H groups in total. The number of thioether (sulfide) groups is 1. The highest BCUT2D eigenvalue weighted by atomic mass is 32.2. The van der Waals surface area contributed by atoms with Gasteiger partial charge in [-0.2, -0.15) is 0 Å². The number of para-hydroxylation sites is 2. The molecular formula is C16H18N2OS. The summed E-state index contributed by atoms with van der Waals surface area (Å²) < 4.78 is 0. The second-order valence-corrected chi connectivity index (χ2v) is 5.19. The number of hydrogen-bond donors (Lipinski definition) is 1. The van der Waals surface area contributed by atoms with E-state index in [1.54, 1.807) is 23.7 Å². The Balaban J connectivity index is 1.99. The molecule has 0 radical (unpaired) electrons.